The van der Waals surface area contributed by atoms with Gasteiger partial charge in [-0.2, -0.15) is 0 Å². The largest absolute Gasteiger partial charge is 0.358 e. The van der Waals surface area contributed by atoms with Crippen molar-refractivity contribution in [3.63, 3.8) is 0 Å². The van der Waals surface area contributed by atoms with Gasteiger partial charge in [0.2, 0.25) is 0 Å². The zero-order valence-electron chi connectivity index (χ0n) is 5.58. The molecule has 0 spiro atoms. The molecule has 0 aromatic rings. The van der Waals surface area contributed by atoms with E-state index in [1.54, 1.807) is 0 Å². The Morgan fingerprint density at radius 1 is 1.64 bits per heavy atom. The van der Waals surface area contributed by atoms with Gasteiger partial charge >= 0.3 is 0 Å². The van der Waals surface area contributed by atoms with Crippen LogP contribution in [0.3, 0.4) is 0 Å². The minimum Gasteiger partial charge on any atom is -0.358 e. The summed E-state index contributed by atoms with van der Waals surface area (Å²) in [5.41, 5.74) is 0.729. The average molecular weight is 263 g/mol. The second-order valence-corrected chi connectivity index (χ2v) is 2.99. The van der Waals surface area contributed by atoms with E-state index >= 15 is 0 Å². The number of hydrogen-bond donors (Lipinski definition) is 1. The van der Waals surface area contributed by atoms with Crippen LogP contribution in [0.2, 0.25) is 0 Å². The van der Waals surface area contributed by atoms with Gasteiger partial charge in [0.25, 0.3) is 5.91 Å². The number of nitrogens with one attached hydrogen (secondary N) is 1. The molecule has 0 aliphatic carbocycles. The average Bonchev–Trinajstić information content (AvgIpc) is 2.62. The van der Waals surface area contributed by atoms with Crippen molar-refractivity contribution in [2.75, 3.05) is 0 Å². The van der Waals surface area contributed by atoms with Crippen LogP contribution in [0, 0.1) is 0 Å². The van der Waals surface area contributed by atoms with Crippen molar-refractivity contribution >= 4 is 28.8 Å². The molecule has 2 atom stereocenters. The number of carbonyl (C=O) groups excluding carboxylic acids is 1. The summed E-state index contributed by atoms with van der Waals surface area (Å²) in [6.45, 7) is 0. The van der Waals surface area contributed by atoms with E-state index in [1.807, 2.05) is 41.1 Å². The quantitative estimate of drug-likeness (QED) is 0.430. The van der Waals surface area contributed by atoms with Gasteiger partial charge in [-0.15, -0.1) is 0 Å². The second-order valence-electron chi connectivity index (χ2n) is 2.45. The van der Waals surface area contributed by atoms with Crippen molar-refractivity contribution in [3.8, 4) is 0 Å². The van der Waals surface area contributed by atoms with Gasteiger partial charge in [0.15, 0.2) is 0 Å². The third-order valence-corrected chi connectivity index (χ3v) is 2.27. The van der Waals surface area contributed by atoms with Crippen LogP contribution in [-0.2, 0) is 9.53 Å². The lowest BCUT2D eigenvalue weighted by Gasteiger charge is -2.04. The molecule has 4 heteroatoms. The Morgan fingerprint density at radius 2 is 2.45 bits per heavy atom. The standard InChI is InChI=1S/C7H6INO2/c8-9-7(10)5-3-4-1-2-6(5)11-4/h1-4,6H,(H,9,10). The first kappa shape index (κ1) is 7.30. The Morgan fingerprint density at radius 3 is 2.91 bits per heavy atom. The van der Waals surface area contributed by atoms with Crippen molar-refractivity contribution in [2.24, 2.45) is 0 Å². The van der Waals surface area contributed by atoms with Gasteiger partial charge in [0.1, 0.15) is 6.10 Å². The number of amides is 1. The summed E-state index contributed by atoms with van der Waals surface area (Å²) in [7, 11) is 0. The van der Waals surface area contributed by atoms with Crippen molar-refractivity contribution in [2.45, 2.75) is 12.2 Å². The van der Waals surface area contributed by atoms with Crippen LogP contribution >= 0.6 is 22.9 Å². The molecule has 1 amide bonds. The lowest BCUT2D eigenvalue weighted by Crippen LogP contribution is -2.20. The highest BCUT2D eigenvalue weighted by atomic mass is 127. The highest BCUT2D eigenvalue weighted by Crippen LogP contribution is 2.27. The van der Waals surface area contributed by atoms with Crippen molar-refractivity contribution < 1.29 is 9.53 Å². The maximum absolute atomic E-state index is 11.1. The Labute approximate surface area is 78.0 Å². The van der Waals surface area contributed by atoms with E-state index in [-0.39, 0.29) is 18.1 Å². The van der Waals surface area contributed by atoms with Gasteiger partial charge in [-0.05, 0) is 6.08 Å². The first-order chi connectivity index (χ1) is 5.31. The smallest absolute Gasteiger partial charge is 0.258 e. The number of ether oxygens (including phenoxy) is 1. The van der Waals surface area contributed by atoms with Gasteiger partial charge in [-0.25, -0.2) is 0 Å². The molecule has 2 rings (SSSR count). The summed E-state index contributed by atoms with van der Waals surface area (Å²) >= 11 is 1.82. The summed E-state index contributed by atoms with van der Waals surface area (Å²) in [6, 6.07) is 0. The van der Waals surface area contributed by atoms with E-state index in [2.05, 4.69) is 3.53 Å². The molecule has 1 N–H and O–H groups in total. The minimum atomic E-state index is -0.102. The van der Waals surface area contributed by atoms with Crippen LogP contribution in [0.1, 0.15) is 0 Å². The van der Waals surface area contributed by atoms with Gasteiger partial charge < -0.3 is 4.74 Å². The topological polar surface area (TPSA) is 38.3 Å². The predicted molar refractivity (Wildman–Crippen MR) is 48.0 cm³/mol. The first-order valence-corrected chi connectivity index (χ1v) is 4.35. The molecule has 0 saturated carbocycles. The van der Waals surface area contributed by atoms with E-state index < -0.39 is 0 Å². The van der Waals surface area contributed by atoms with Crippen molar-refractivity contribution in [1.82, 2.24) is 3.53 Å². The van der Waals surface area contributed by atoms with Crippen LogP contribution in [0.15, 0.2) is 23.8 Å². The molecule has 11 heavy (non-hydrogen) atoms. The monoisotopic (exact) mass is 263 g/mol. The van der Waals surface area contributed by atoms with Crippen molar-refractivity contribution in [1.29, 1.82) is 0 Å². The van der Waals surface area contributed by atoms with Gasteiger partial charge in [-0.1, -0.05) is 12.2 Å². The highest BCUT2D eigenvalue weighted by molar-refractivity contribution is 14.1. The lowest BCUT2D eigenvalue weighted by atomic mass is 10.1. The van der Waals surface area contributed by atoms with E-state index in [1.165, 1.54) is 0 Å². The molecule has 2 bridgehead atoms. The minimum absolute atomic E-state index is 0.0312. The number of carbonyl (C=O) groups is 1. The summed E-state index contributed by atoms with van der Waals surface area (Å²) < 4.78 is 7.88. The Bertz CT molecular complexity index is 259. The number of rotatable bonds is 1. The van der Waals surface area contributed by atoms with Crippen LogP contribution in [-0.4, -0.2) is 18.1 Å². The fourth-order valence-electron chi connectivity index (χ4n) is 1.27. The van der Waals surface area contributed by atoms with Gasteiger partial charge in [0.05, 0.1) is 29.0 Å². The molecular formula is C7H6INO2. The summed E-state index contributed by atoms with van der Waals surface area (Å²) in [5, 5.41) is 0. The molecule has 58 valence electrons. The molecular weight excluding hydrogens is 257 g/mol. The third-order valence-electron chi connectivity index (χ3n) is 1.78. The molecule has 3 nitrogen and oxygen atoms in total. The number of hydrogen-bond acceptors (Lipinski definition) is 2. The molecule has 0 fully saturated rings. The zero-order chi connectivity index (χ0) is 7.84. The fraction of sp³-hybridized carbons (Fsp3) is 0.286. The third kappa shape index (κ3) is 1.10. The first-order valence-electron chi connectivity index (χ1n) is 3.28. The Kier molecular flexibility index (Phi) is 1.72. The van der Waals surface area contributed by atoms with E-state index in [9.17, 15) is 4.79 Å². The second kappa shape index (κ2) is 2.60. The molecule has 0 aromatic heterocycles. The van der Waals surface area contributed by atoms with E-state index in [0.717, 1.165) is 5.57 Å². The normalized spacial score (nSPS) is 32.3. The summed E-state index contributed by atoms with van der Waals surface area (Å²) in [6.07, 6.45) is 5.64. The van der Waals surface area contributed by atoms with Crippen molar-refractivity contribution in [3.05, 3.63) is 23.8 Å². The van der Waals surface area contributed by atoms with E-state index in [4.69, 9.17) is 4.74 Å². The SMILES string of the molecule is O=C(NI)C1=CC2C=CC1O2. The summed E-state index contributed by atoms with van der Waals surface area (Å²) in [5.74, 6) is -0.0533. The van der Waals surface area contributed by atoms with Gasteiger partial charge in [-0.3, -0.25) is 8.32 Å². The number of halogens is 1. The molecule has 2 aliphatic rings. The fourth-order valence-corrected chi connectivity index (χ4v) is 1.58. The highest BCUT2D eigenvalue weighted by Gasteiger charge is 2.32. The number of fused-ring (bicyclic) bond motifs is 2. The Hall–Kier alpha value is -0.360. The van der Waals surface area contributed by atoms with Gasteiger partial charge in [0, 0.05) is 5.57 Å². The molecule has 2 unspecified atom stereocenters. The molecule has 0 saturated heterocycles. The predicted octanol–water partition coefficient (Wildman–Crippen LogP) is 0.716. The van der Waals surface area contributed by atoms with Crippen LogP contribution in [0.5, 0.6) is 0 Å². The Balaban J connectivity index is 2.19. The molecule has 0 radical (unpaired) electrons. The van der Waals surface area contributed by atoms with Crippen LogP contribution in [0.4, 0.5) is 0 Å². The summed E-state index contributed by atoms with van der Waals surface area (Å²) in [4.78, 5) is 11.1. The van der Waals surface area contributed by atoms with E-state index in [0.29, 0.717) is 0 Å². The zero-order valence-corrected chi connectivity index (χ0v) is 7.74. The molecule has 0 aromatic carbocycles. The van der Waals surface area contributed by atoms with Crippen LogP contribution in [0.25, 0.3) is 0 Å². The molecule has 2 heterocycles. The van der Waals surface area contributed by atoms with Crippen LogP contribution < -0.4 is 3.53 Å². The maximum Gasteiger partial charge on any atom is 0.258 e. The molecule has 2 aliphatic heterocycles. The lowest BCUT2D eigenvalue weighted by molar-refractivity contribution is -0.115. The maximum atomic E-state index is 11.1.